The highest BCUT2D eigenvalue weighted by Gasteiger charge is 2.54. The minimum absolute atomic E-state index is 0.211. The predicted octanol–water partition coefficient (Wildman–Crippen LogP) is 2.13. The number of benzene rings is 1. The lowest BCUT2D eigenvalue weighted by molar-refractivity contribution is -0.128. The number of hydrogen-bond donors (Lipinski definition) is 2. The molecule has 5 heteroatoms. The van der Waals surface area contributed by atoms with E-state index in [9.17, 15) is 14.0 Å². The molecule has 2 unspecified atom stereocenters. The molecule has 0 aliphatic heterocycles. The number of carbonyl (C=O) groups is 2. The largest absolute Gasteiger partial charge is 0.369 e. The van der Waals surface area contributed by atoms with Crippen molar-refractivity contribution in [3.63, 3.8) is 0 Å². The lowest BCUT2D eigenvalue weighted by Crippen LogP contribution is -2.51. The summed E-state index contributed by atoms with van der Waals surface area (Å²) in [5, 5.41) is 3.07. The summed E-state index contributed by atoms with van der Waals surface area (Å²) in [6.45, 7) is 0. The van der Waals surface area contributed by atoms with Crippen molar-refractivity contribution in [3.8, 4) is 0 Å². The second-order valence-electron chi connectivity index (χ2n) is 6.42. The van der Waals surface area contributed by atoms with Gasteiger partial charge in [0.1, 0.15) is 5.82 Å². The number of hydrogen-bond acceptors (Lipinski definition) is 2. The van der Waals surface area contributed by atoms with E-state index in [-0.39, 0.29) is 23.2 Å². The normalized spacial score (nSPS) is 30.9. The standard InChI is InChI=1S/C16H19FN2O2/c17-12-4-2-11(3-5-12)13(20)19-16-7-1-6-15(10-16,8-9-16)14(18)21/h2-5H,1,6-10H2,(H2,18,21)(H,19,20). The Balaban J connectivity index is 1.77. The molecule has 2 bridgehead atoms. The van der Waals surface area contributed by atoms with Crippen LogP contribution in [0, 0.1) is 11.2 Å². The molecule has 2 aliphatic carbocycles. The van der Waals surface area contributed by atoms with Gasteiger partial charge in [0.25, 0.3) is 5.91 Å². The molecule has 2 aliphatic rings. The van der Waals surface area contributed by atoms with Gasteiger partial charge < -0.3 is 11.1 Å². The first-order chi connectivity index (χ1) is 9.95. The van der Waals surface area contributed by atoms with Crippen molar-refractivity contribution in [3.05, 3.63) is 35.6 Å². The van der Waals surface area contributed by atoms with Crippen LogP contribution in [0.15, 0.2) is 24.3 Å². The van der Waals surface area contributed by atoms with Gasteiger partial charge in [-0.1, -0.05) is 6.42 Å². The van der Waals surface area contributed by atoms with Gasteiger partial charge in [0.15, 0.2) is 0 Å². The number of halogens is 1. The molecule has 2 saturated carbocycles. The third kappa shape index (κ3) is 2.41. The van der Waals surface area contributed by atoms with Gasteiger partial charge in [0.2, 0.25) is 5.91 Å². The summed E-state index contributed by atoms with van der Waals surface area (Å²) in [4.78, 5) is 24.1. The molecule has 0 heterocycles. The Kier molecular flexibility index (Phi) is 3.23. The molecule has 0 spiro atoms. The van der Waals surface area contributed by atoms with Crippen LogP contribution in [0.1, 0.15) is 48.9 Å². The van der Waals surface area contributed by atoms with Crippen LogP contribution in [-0.4, -0.2) is 17.4 Å². The number of primary amides is 1. The maximum absolute atomic E-state index is 12.9. The van der Waals surface area contributed by atoms with Crippen LogP contribution >= 0.6 is 0 Å². The number of amides is 2. The SMILES string of the molecule is NC(=O)C12CCCC(NC(=O)c3ccc(F)cc3)(CC1)C2. The summed E-state index contributed by atoms with van der Waals surface area (Å²) in [5.74, 6) is -0.826. The first-order valence-corrected chi connectivity index (χ1v) is 7.33. The second kappa shape index (κ2) is 4.83. The Morgan fingerprint density at radius 3 is 2.48 bits per heavy atom. The summed E-state index contributed by atoms with van der Waals surface area (Å²) < 4.78 is 12.9. The smallest absolute Gasteiger partial charge is 0.251 e. The molecule has 0 radical (unpaired) electrons. The van der Waals surface area contributed by atoms with Crippen molar-refractivity contribution < 1.29 is 14.0 Å². The van der Waals surface area contributed by atoms with Crippen molar-refractivity contribution in [2.24, 2.45) is 11.1 Å². The second-order valence-corrected chi connectivity index (χ2v) is 6.42. The zero-order valence-corrected chi connectivity index (χ0v) is 11.8. The Bertz CT molecular complexity index is 586. The fourth-order valence-electron chi connectivity index (χ4n) is 3.91. The van der Waals surface area contributed by atoms with Crippen LogP contribution in [0.2, 0.25) is 0 Å². The highest BCUT2D eigenvalue weighted by molar-refractivity contribution is 5.95. The fraction of sp³-hybridized carbons (Fsp3) is 0.500. The monoisotopic (exact) mass is 290 g/mol. The van der Waals surface area contributed by atoms with Crippen LogP contribution in [-0.2, 0) is 4.79 Å². The zero-order chi connectivity index (χ0) is 15.1. The number of nitrogens with one attached hydrogen (secondary N) is 1. The molecule has 0 saturated heterocycles. The molecule has 2 atom stereocenters. The van der Waals surface area contributed by atoms with Crippen LogP contribution in [0.4, 0.5) is 4.39 Å². The average molecular weight is 290 g/mol. The molecule has 3 N–H and O–H groups in total. The van der Waals surface area contributed by atoms with E-state index < -0.39 is 5.41 Å². The van der Waals surface area contributed by atoms with Crippen LogP contribution < -0.4 is 11.1 Å². The molecular weight excluding hydrogens is 271 g/mol. The van der Waals surface area contributed by atoms with Crippen LogP contribution in [0.25, 0.3) is 0 Å². The van der Waals surface area contributed by atoms with E-state index in [4.69, 9.17) is 5.73 Å². The summed E-state index contributed by atoms with van der Waals surface area (Å²) in [5.41, 5.74) is 5.22. The quantitative estimate of drug-likeness (QED) is 0.895. The van der Waals surface area contributed by atoms with E-state index in [0.29, 0.717) is 12.0 Å². The molecule has 4 nitrogen and oxygen atoms in total. The molecule has 21 heavy (non-hydrogen) atoms. The van der Waals surface area contributed by atoms with Gasteiger partial charge in [0, 0.05) is 11.1 Å². The first kappa shape index (κ1) is 14.0. The van der Waals surface area contributed by atoms with E-state index in [2.05, 4.69) is 5.32 Å². The topological polar surface area (TPSA) is 72.2 Å². The first-order valence-electron chi connectivity index (χ1n) is 7.33. The van der Waals surface area contributed by atoms with Crippen molar-refractivity contribution >= 4 is 11.8 Å². The Morgan fingerprint density at radius 1 is 1.10 bits per heavy atom. The third-order valence-electron chi connectivity index (χ3n) is 5.08. The molecule has 1 aromatic rings. The van der Waals surface area contributed by atoms with Gasteiger partial charge in [0.05, 0.1) is 5.41 Å². The predicted molar refractivity (Wildman–Crippen MR) is 75.9 cm³/mol. The van der Waals surface area contributed by atoms with Gasteiger partial charge >= 0.3 is 0 Å². The molecule has 2 fully saturated rings. The summed E-state index contributed by atoms with van der Waals surface area (Å²) in [6, 6.07) is 5.49. The summed E-state index contributed by atoms with van der Waals surface area (Å²) >= 11 is 0. The van der Waals surface area contributed by atoms with Crippen molar-refractivity contribution in [2.45, 2.75) is 44.1 Å². The zero-order valence-electron chi connectivity index (χ0n) is 11.8. The minimum Gasteiger partial charge on any atom is -0.369 e. The van der Waals surface area contributed by atoms with Gasteiger partial charge in [-0.15, -0.1) is 0 Å². The number of carbonyl (C=O) groups excluding carboxylic acids is 2. The van der Waals surface area contributed by atoms with E-state index in [1.54, 1.807) is 0 Å². The average Bonchev–Trinajstić information content (AvgIpc) is 2.72. The maximum Gasteiger partial charge on any atom is 0.251 e. The van der Waals surface area contributed by atoms with Gasteiger partial charge in [-0.3, -0.25) is 9.59 Å². The van der Waals surface area contributed by atoms with Crippen molar-refractivity contribution in [1.29, 1.82) is 0 Å². The minimum atomic E-state index is -0.450. The van der Waals surface area contributed by atoms with E-state index in [1.807, 2.05) is 0 Å². The molecule has 2 amide bonds. The van der Waals surface area contributed by atoms with E-state index in [0.717, 1.165) is 32.1 Å². The highest BCUT2D eigenvalue weighted by Crippen LogP contribution is 2.53. The lowest BCUT2D eigenvalue weighted by Gasteiger charge is -2.38. The van der Waals surface area contributed by atoms with E-state index >= 15 is 0 Å². The van der Waals surface area contributed by atoms with Crippen LogP contribution in [0.3, 0.4) is 0 Å². The number of fused-ring (bicyclic) bond motifs is 2. The molecule has 0 aromatic heterocycles. The molecular formula is C16H19FN2O2. The van der Waals surface area contributed by atoms with Crippen molar-refractivity contribution in [1.82, 2.24) is 5.32 Å². The van der Waals surface area contributed by atoms with Crippen LogP contribution in [0.5, 0.6) is 0 Å². The van der Waals surface area contributed by atoms with Gasteiger partial charge in [-0.05, 0) is 56.4 Å². The maximum atomic E-state index is 12.9. The third-order valence-corrected chi connectivity index (χ3v) is 5.08. The van der Waals surface area contributed by atoms with E-state index in [1.165, 1.54) is 24.3 Å². The molecule has 112 valence electrons. The fourth-order valence-corrected chi connectivity index (χ4v) is 3.91. The van der Waals surface area contributed by atoms with Gasteiger partial charge in [-0.25, -0.2) is 4.39 Å². The Labute approximate surface area is 122 Å². The van der Waals surface area contributed by atoms with Gasteiger partial charge in [-0.2, -0.15) is 0 Å². The highest BCUT2D eigenvalue weighted by atomic mass is 19.1. The Morgan fingerprint density at radius 2 is 1.81 bits per heavy atom. The summed E-state index contributed by atoms with van der Waals surface area (Å²) in [7, 11) is 0. The summed E-state index contributed by atoms with van der Waals surface area (Å²) in [6.07, 6.45) is 4.73. The van der Waals surface area contributed by atoms with Crippen molar-refractivity contribution in [2.75, 3.05) is 0 Å². The number of rotatable bonds is 3. The molecule has 3 rings (SSSR count). The lowest BCUT2D eigenvalue weighted by atomic mass is 9.72. The number of nitrogens with two attached hydrogens (primary N) is 1. The molecule has 1 aromatic carbocycles. The Hall–Kier alpha value is -1.91.